The van der Waals surface area contributed by atoms with Crippen LogP contribution in [0.4, 0.5) is 8.78 Å². The molecule has 0 aliphatic rings. The highest BCUT2D eigenvalue weighted by molar-refractivity contribution is 5.33. The van der Waals surface area contributed by atoms with E-state index in [2.05, 4.69) is 10.3 Å². The van der Waals surface area contributed by atoms with Crippen molar-refractivity contribution in [3.63, 3.8) is 0 Å². The Hall–Kier alpha value is -1.82. The Morgan fingerprint density at radius 1 is 1.28 bits per heavy atom. The normalized spacial score (nSPS) is 13.0. The molecule has 0 saturated heterocycles. The number of halogens is 2. The molecule has 0 saturated carbocycles. The lowest BCUT2D eigenvalue weighted by Crippen LogP contribution is -2.17. The number of hydrogen-bond donors (Lipinski definition) is 1. The molecule has 2 N–H and O–H groups in total. The average Bonchev–Trinajstić information content (AvgIpc) is 2.80. The van der Waals surface area contributed by atoms with Gasteiger partial charge in [-0.15, -0.1) is 5.10 Å². The lowest BCUT2D eigenvalue weighted by Gasteiger charge is -2.11. The molecule has 1 unspecified atom stereocenters. The first-order chi connectivity index (χ1) is 8.50. The minimum absolute atomic E-state index is 0.0182. The van der Waals surface area contributed by atoms with E-state index in [4.69, 9.17) is 5.73 Å². The van der Waals surface area contributed by atoms with Crippen molar-refractivity contribution >= 4 is 0 Å². The number of nitrogens with zero attached hydrogens (tertiary/aromatic N) is 3. The molecular weight excluding hydrogens is 238 g/mol. The smallest absolute Gasteiger partial charge is 0.184 e. The third-order valence-electron chi connectivity index (χ3n) is 2.75. The maximum absolute atomic E-state index is 13.6. The van der Waals surface area contributed by atoms with Crippen LogP contribution >= 0.6 is 0 Å². The molecule has 1 aromatic heterocycles. The highest BCUT2D eigenvalue weighted by atomic mass is 19.2. The van der Waals surface area contributed by atoms with Gasteiger partial charge in [-0.3, -0.25) is 0 Å². The van der Waals surface area contributed by atoms with Crippen molar-refractivity contribution in [3.05, 3.63) is 41.7 Å². The van der Waals surface area contributed by atoms with E-state index < -0.39 is 11.6 Å². The second-order valence-corrected chi connectivity index (χ2v) is 4.43. The van der Waals surface area contributed by atoms with Crippen molar-refractivity contribution in [1.29, 1.82) is 0 Å². The molecule has 0 fully saturated rings. The van der Waals surface area contributed by atoms with E-state index in [0.29, 0.717) is 5.69 Å². The fourth-order valence-corrected chi connectivity index (χ4v) is 1.56. The summed E-state index contributed by atoms with van der Waals surface area (Å²) in [5.74, 6) is -1.68. The maximum Gasteiger partial charge on any atom is 0.184 e. The van der Waals surface area contributed by atoms with Gasteiger partial charge in [-0.05, 0) is 18.1 Å². The van der Waals surface area contributed by atoms with Crippen LogP contribution in [0.3, 0.4) is 0 Å². The van der Waals surface area contributed by atoms with Crippen molar-refractivity contribution in [2.24, 2.45) is 11.7 Å². The Kier molecular flexibility index (Phi) is 3.38. The Balaban J connectivity index is 2.38. The van der Waals surface area contributed by atoms with Gasteiger partial charge in [0.25, 0.3) is 0 Å². The molecule has 0 aliphatic carbocycles. The maximum atomic E-state index is 13.6. The minimum atomic E-state index is -0.952. The van der Waals surface area contributed by atoms with Crippen LogP contribution in [-0.2, 0) is 0 Å². The van der Waals surface area contributed by atoms with Crippen molar-refractivity contribution in [2.45, 2.75) is 19.9 Å². The number of hydrogen-bond acceptors (Lipinski definition) is 3. The van der Waals surface area contributed by atoms with Crippen LogP contribution in [0.1, 0.15) is 25.6 Å². The first-order valence-corrected chi connectivity index (χ1v) is 5.63. The van der Waals surface area contributed by atoms with E-state index >= 15 is 0 Å². The van der Waals surface area contributed by atoms with Crippen LogP contribution in [-0.4, -0.2) is 15.0 Å². The zero-order chi connectivity index (χ0) is 13.3. The molecule has 0 spiro atoms. The Morgan fingerprint density at radius 2 is 2.00 bits per heavy atom. The van der Waals surface area contributed by atoms with Crippen LogP contribution in [0.15, 0.2) is 24.4 Å². The van der Waals surface area contributed by atoms with Gasteiger partial charge in [0.1, 0.15) is 11.4 Å². The first kappa shape index (κ1) is 12.6. The molecule has 0 bridgehead atoms. The van der Waals surface area contributed by atoms with Crippen LogP contribution in [0.2, 0.25) is 0 Å². The number of nitrogens with two attached hydrogens (primary N) is 1. The SMILES string of the molecule is CC(C)C(N)c1cn(-c2cccc(F)c2F)nn1. The molecule has 1 aromatic carbocycles. The molecule has 6 heteroatoms. The van der Waals surface area contributed by atoms with Crippen molar-refractivity contribution in [1.82, 2.24) is 15.0 Å². The average molecular weight is 252 g/mol. The predicted molar refractivity (Wildman–Crippen MR) is 63.0 cm³/mol. The zero-order valence-corrected chi connectivity index (χ0v) is 10.1. The van der Waals surface area contributed by atoms with Crippen LogP contribution in [0.5, 0.6) is 0 Å². The Labute approximate surface area is 103 Å². The summed E-state index contributed by atoms with van der Waals surface area (Å²) in [7, 11) is 0. The zero-order valence-electron chi connectivity index (χ0n) is 10.1. The molecule has 2 rings (SSSR count). The van der Waals surface area contributed by atoms with E-state index in [-0.39, 0.29) is 17.6 Å². The topological polar surface area (TPSA) is 56.7 Å². The molecule has 0 aliphatic heterocycles. The Bertz CT molecular complexity index is 551. The summed E-state index contributed by atoms with van der Waals surface area (Å²) in [6.07, 6.45) is 1.52. The summed E-state index contributed by atoms with van der Waals surface area (Å²) in [6, 6.07) is 3.61. The molecule has 0 amide bonds. The first-order valence-electron chi connectivity index (χ1n) is 5.63. The predicted octanol–water partition coefficient (Wildman–Crippen LogP) is 2.20. The molecule has 1 atom stereocenters. The summed E-state index contributed by atoms with van der Waals surface area (Å²) in [6.45, 7) is 3.90. The van der Waals surface area contributed by atoms with Crippen LogP contribution < -0.4 is 5.73 Å². The third-order valence-corrected chi connectivity index (χ3v) is 2.75. The highest BCUT2D eigenvalue weighted by Gasteiger charge is 2.16. The second kappa shape index (κ2) is 4.81. The summed E-state index contributed by atoms with van der Waals surface area (Å²) in [5.41, 5.74) is 6.48. The van der Waals surface area contributed by atoms with E-state index in [1.807, 2.05) is 13.8 Å². The molecular formula is C12H14F2N4. The lowest BCUT2D eigenvalue weighted by molar-refractivity contribution is 0.500. The summed E-state index contributed by atoms with van der Waals surface area (Å²) >= 11 is 0. The minimum Gasteiger partial charge on any atom is -0.322 e. The molecule has 96 valence electrons. The Morgan fingerprint density at radius 3 is 2.67 bits per heavy atom. The van der Waals surface area contributed by atoms with Crippen molar-refractivity contribution < 1.29 is 8.78 Å². The van der Waals surface area contributed by atoms with Crippen LogP contribution in [0, 0.1) is 17.6 Å². The van der Waals surface area contributed by atoms with Gasteiger partial charge in [0.15, 0.2) is 11.6 Å². The van der Waals surface area contributed by atoms with Crippen molar-refractivity contribution in [3.8, 4) is 5.69 Å². The van der Waals surface area contributed by atoms with E-state index in [0.717, 1.165) is 6.07 Å². The van der Waals surface area contributed by atoms with Gasteiger partial charge in [0.05, 0.1) is 12.2 Å². The lowest BCUT2D eigenvalue weighted by atomic mass is 10.0. The van der Waals surface area contributed by atoms with Gasteiger partial charge in [-0.1, -0.05) is 25.1 Å². The monoisotopic (exact) mass is 252 g/mol. The van der Waals surface area contributed by atoms with Gasteiger partial charge >= 0.3 is 0 Å². The van der Waals surface area contributed by atoms with E-state index in [1.54, 1.807) is 0 Å². The van der Waals surface area contributed by atoms with E-state index in [9.17, 15) is 8.78 Å². The highest BCUT2D eigenvalue weighted by Crippen LogP contribution is 2.19. The number of benzene rings is 1. The van der Waals surface area contributed by atoms with Crippen LogP contribution in [0.25, 0.3) is 5.69 Å². The van der Waals surface area contributed by atoms with Gasteiger partial charge < -0.3 is 5.73 Å². The van der Waals surface area contributed by atoms with Gasteiger partial charge in [0, 0.05) is 0 Å². The van der Waals surface area contributed by atoms with E-state index in [1.165, 1.54) is 23.0 Å². The summed E-state index contributed by atoms with van der Waals surface area (Å²) < 4.78 is 27.8. The number of rotatable bonds is 3. The summed E-state index contributed by atoms with van der Waals surface area (Å²) in [4.78, 5) is 0. The molecule has 2 aromatic rings. The van der Waals surface area contributed by atoms with Gasteiger partial charge in [-0.2, -0.15) is 0 Å². The third kappa shape index (κ3) is 2.24. The fourth-order valence-electron chi connectivity index (χ4n) is 1.56. The molecule has 0 radical (unpaired) electrons. The summed E-state index contributed by atoms with van der Waals surface area (Å²) in [5, 5.41) is 7.66. The molecule has 18 heavy (non-hydrogen) atoms. The van der Waals surface area contributed by atoms with Gasteiger partial charge in [0.2, 0.25) is 0 Å². The number of aromatic nitrogens is 3. The fraction of sp³-hybridized carbons (Fsp3) is 0.333. The quantitative estimate of drug-likeness (QED) is 0.911. The molecule has 4 nitrogen and oxygen atoms in total. The molecule has 1 heterocycles. The largest absolute Gasteiger partial charge is 0.322 e. The standard InChI is InChI=1S/C12H14F2N4/c1-7(2)12(15)9-6-18(17-16-9)10-5-3-4-8(13)11(10)14/h3-7,12H,15H2,1-2H3. The second-order valence-electron chi connectivity index (χ2n) is 4.43. The van der Waals surface area contributed by atoms with Gasteiger partial charge in [-0.25, -0.2) is 13.5 Å². The van der Waals surface area contributed by atoms with Crippen molar-refractivity contribution in [2.75, 3.05) is 0 Å².